The molecule has 0 spiro atoms. The van der Waals surface area contributed by atoms with Gasteiger partial charge in [0.05, 0.1) is 11.5 Å². The van der Waals surface area contributed by atoms with Gasteiger partial charge in [0, 0.05) is 26.6 Å². The molecule has 34 heavy (non-hydrogen) atoms. The highest BCUT2D eigenvalue weighted by Gasteiger charge is 2.37. The van der Waals surface area contributed by atoms with Gasteiger partial charge in [-0.2, -0.15) is 5.26 Å². The Morgan fingerprint density at radius 1 is 1.09 bits per heavy atom. The Morgan fingerprint density at radius 2 is 1.74 bits per heavy atom. The highest BCUT2D eigenvalue weighted by molar-refractivity contribution is 5.88. The van der Waals surface area contributed by atoms with Crippen LogP contribution in [-0.4, -0.2) is 41.2 Å². The second-order valence-electron chi connectivity index (χ2n) is 9.74. The SMILES string of the molecule is CC(C)[C@@](C#N)(CCCCC(=O)N1CCC[C@@H]1C(=O)N(C)Cc1ccccc1)c1ccccc1. The van der Waals surface area contributed by atoms with Gasteiger partial charge in [-0.3, -0.25) is 9.59 Å². The number of hydrogen-bond acceptors (Lipinski definition) is 3. The fraction of sp³-hybridized carbons (Fsp3) is 0.483. The third kappa shape index (κ3) is 5.86. The van der Waals surface area contributed by atoms with Crippen molar-refractivity contribution in [1.82, 2.24) is 9.80 Å². The maximum Gasteiger partial charge on any atom is 0.245 e. The lowest BCUT2D eigenvalue weighted by Gasteiger charge is -2.31. The highest BCUT2D eigenvalue weighted by atomic mass is 16.2. The summed E-state index contributed by atoms with van der Waals surface area (Å²) in [6.07, 6.45) is 4.25. The monoisotopic (exact) mass is 459 g/mol. The molecule has 180 valence electrons. The van der Waals surface area contributed by atoms with Crippen LogP contribution in [0.3, 0.4) is 0 Å². The minimum absolute atomic E-state index is 0.0158. The van der Waals surface area contributed by atoms with E-state index >= 15 is 0 Å². The molecule has 2 atom stereocenters. The van der Waals surface area contributed by atoms with Gasteiger partial charge in [-0.1, -0.05) is 80.9 Å². The zero-order valence-electron chi connectivity index (χ0n) is 20.7. The first-order valence-electron chi connectivity index (χ1n) is 12.4. The number of unbranched alkanes of at least 4 members (excludes halogenated alkanes) is 1. The van der Waals surface area contributed by atoms with Gasteiger partial charge in [-0.25, -0.2) is 0 Å². The first-order chi connectivity index (χ1) is 16.4. The van der Waals surface area contributed by atoms with Crippen LogP contribution in [-0.2, 0) is 21.5 Å². The van der Waals surface area contributed by atoms with Crippen LogP contribution in [0.4, 0.5) is 0 Å². The lowest BCUT2D eigenvalue weighted by molar-refractivity contribution is -0.143. The number of carbonyl (C=O) groups excluding carboxylic acids is 2. The van der Waals surface area contributed by atoms with Gasteiger partial charge >= 0.3 is 0 Å². The van der Waals surface area contributed by atoms with Crippen LogP contribution in [0.15, 0.2) is 60.7 Å². The molecule has 0 radical (unpaired) electrons. The molecule has 0 aliphatic carbocycles. The molecule has 3 rings (SSSR count). The van der Waals surface area contributed by atoms with Crippen LogP contribution in [0, 0.1) is 17.2 Å². The van der Waals surface area contributed by atoms with E-state index in [0.717, 1.165) is 43.2 Å². The first kappa shape index (κ1) is 25.5. The van der Waals surface area contributed by atoms with E-state index in [0.29, 0.717) is 19.5 Å². The maximum absolute atomic E-state index is 13.1. The average Bonchev–Trinajstić information content (AvgIpc) is 3.35. The average molecular weight is 460 g/mol. The Bertz CT molecular complexity index is 983. The van der Waals surface area contributed by atoms with Gasteiger partial charge < -0.3 is 9.80 Å². The summed E-state index contributed by atoms with van der Waals surface area (Å²) in [4.78, 5) is 29.6. The summed E-state index contributed by atoms with van der Waals surface area (Å²) in [5.74, 6) is 0.245. The van der Waals surface area contributed by atoms with E-state index in [1.807, 2.05) is 67.7 Å². The van der Waals surface area contributed by atoms with E-state index in [1.165, 1.54) is 0 Å². The molecule has 0 N–H and O–H groups in total. The van der Waals surface area contributed by atoms with Gasteiger partial charge in [0.15, 0.2) is 0 Å². The van der Waals surface area contributed by atoms with E-state index in [2.05, 4.69) is 19.9 Å². The van der Waals surface area contributed by atoms with Gasteiger partial charge in [-0.05, 0) is 42.7 Å². The topological polar surface area (TPSA) is 64.4 Å². The van der Waals surface area contributed by atoms with Crippen molar-refractivity contribution in [2.45, 2.75) is 70.4 Å². The van der Waals surface area contributed by atoms with Crippen molar-refractivity contribution in [3.05, 3.63) is 71.8 Å². The Hall–Kier alpha value is -3.13. The van der Waals surface area contributed by atoms with Crippen LogP contribution in [0.1, 0.15) is 63.5 Å². The molecular formula is C29H37N3O2. The van der Waals surface area contributed by atoms with Crippen LogP contribution in [0.25, 0.3) is 0 Å². The second-order valence-corrected chi connectivity index (χ2v) is 9.74. The number of nitrogens with zero attached hydrogens (tertiary/aromatic N) is 3. The Kier molecular flexibility index (Phi) is 8.87. The molecule has 2 aromatic rings. The molecule has 1 fully saturated rings. The fourth-order valence-electron chi connectivity index (χ4n) is 5.09. The number of rotatable bonds is 10. The molecule has 0 aromatic heterocycles. The number of carbonyl (C=O) groups is 2. The molecular weight excluding hydrogens is 422 g/mol. The van der Waals surface area contributed by atoms with E-state index in [-0.39, 0.29) is 23.8 Å². The summed E-state index contributed by atoms with van der Waals surface area (Å²) in [5, 5.41) is 10.1. The third-order valence-corrected chi connectivity index (χ3v) is 7.18. The molecule has 0 saturated carbocycles. The predicted molar refractivity (Wildman–Crippen MR) is 135 cm³/mol. The van der Waals surface area contributed by atoms with Gasteiger partial charge in [-0.15, -0.1) is 0 Å². The number of likely N-dealkylation sites (tertiary alicyclic amines) is 1. The normalized spacial score (nSPS) is 17.3. The summed E-state index contributed by atoms with van der Waals surface area (Å²) in [6.45, 7) is 5.37. The van der Waals surface area contributed by atoms with E-state index in [4.69, 9.17) is 0 Å². The molecule has 1 aliphatic heterocycles. The molecule has 1 aliphatic rings. The quantitative estimate of drug-likeness (QED) is 0.452. The summed E-state index contributed by atoms with van der Waals surface area (Å²) in [6, 6.07) is 22.1. The second kappa shape index (κ2) is 11.8. The summed E-state index contributed by atoms with van der Waals surface area (Å²) in [7, 11) is 1.81. The molecule has 0 bridgehead atoms. The lowest BCUT2D eigenvalue weighted by Crippen LogP contribution is -2.46. The van der Waals surface area contributed by atoms with Crippen LogP contribution < -0.4 is 0 Å². The predicted octanol–water partition coefficient (Wildman–Crippen LogP) is 5.31. The molecule has 2 amide bonds. The summed E-state index contributed by atoms with van der Waals surface area (Å²) >= 11 is 0. The van der Waals surface area contributed by atoms with Crippen LogP contribution >= 0.6 is 0 Å². The highest BCUT2D eigenvalue weighted by Crippen LogP contribution is 2.37. The van der Waals surface area contributed by atoms with Gasteiger partial charge in [0.2, 0.25) is 11.8 Å². The number of amides is 2. The van der Waals surface area contributed by atoms with Crippen molar-refractivity contribution < 1.29 is 9.59 Å². The van der Waals surface area contributed by atoms with Crippen molar-refractivity contribution in [3.8, 4) is 6.07 Å². The molecule has 1 saturated heterocycles. The first-order valence-corrected chi connectivity index (χ1v) is 12.4. The maximum atomic E-state index is 13.1. The third-order valence-electron chi connectivity index (χ3n) is 7.18. The molecule has 5 heteroatoms. The van der Waals surface area contributed by atoms with E-state index < -0.39 is 5.41 Å². The number of hydrogen-bond donors (Lipinski definition) is 0. The van der Waals surface area contributed by atoms with Crippen molar-refractivity contribution in [2.75, 3.05) is 13.6 Å². The summed E-state index contributed by atoms with van der Waals surface area (Å²) < 4.78 is 0. The lowest BCUT2D eigenvalue weighted by atomic mass is 9.69. The van der Waals surface area contributed by atoms with Gasteiger partial charge in [0.25, 0.3) is 0 Å². The zero-order valence-corrected chi connectivity index (χ0v) is 20.7. The molecule has 2 aromatic carbocycles. The van der Waals surface area contributed by atoms with Crippen molar-refractivity contribution in [2.24, 2.45) is 5.92 Å². The van der Waals surface area contributed by atoms with Crippen molar-refractivity contribution in [3.63, 3.8) is 0 Å². The van der Waals surface area contributed by atoms with E-state index in [1.54, 1.807) is 9.80 Å². The van der Waals surface area contributed by atoms with Gasteiger partial charge in [0.1, 0.15) is 6.04 Å². The van der Waals surface area contributed by atoms with Crippen LogP contribution in [0.5, 0.6) is 0 Å². The number of nitriles is 1. The Labute approximate surface area is 204 Å². The largest absolute Gasteiger partial charge is 0.340 e. The van der Waals surface area contributed by atoms with E-state index in [9.17, 15) is 14.9 Å². The Morgan fingerprint density at radius 3 is 2.35 bits per heavy atom. The van der Waals surface area contributed by atoms with Crippen LogP contribution in [0.2, 0.25) is 0 Å². The molecule has 5 nitrogen and oxygen atoms in total. The Balaban J connectivity index is 1.54. The number of likely N-dealkylation sites (N-methyl/N-ethyl adjacent to an activating group) is 1. The molecule has 0 unspecified atom stereocenters. The molecule has 1 heterocycles. The standard InChI is InChI=1S/C29H37N3O2/c1-23(2)29(22-30,25-15-8-5-9-16-25)19-11-10-18-27(33)32-20-12-17-26(32)28(34)31(3)21-24-13-6-4-7-14-24/h4-9,13-16,23,26H,10-12,17-21H2,1-3H3/t26-,29+/m1/s1. The van der Waals surface area contributed by atoms with Crippen molar-refractivity contribution >= 4 is 11.8 Å². The fourth-order valence-corrected chi connectivity index (χ4v) is 5.09. The summed E-state index contributed by atoms with van der Waals surface area (Å²) in [5.41, 5.74) is 1.58. The smallest absolute Gasteiger partial charge is 0.245 e. The van der Waals surface area contributed by atoms with Crippen molar-refractivity contribution in [1.29, 1.82) is 5.26 Å². The minimum atomic E-state index is -0.545. The minimum Gasteiger partial charge on any atom is -0.340 e. The zero-order chi connectivity index (χ0) is 24.6. The number of benzene rings is 2.